The van der Waals surface area contributed by atoms with Crippen LogP contribution in [0.1, 0.15) is 0 Å². The van der Waals surface area contributed by atoms with Crippen molar-refractivity contribution in [3.05, 3.63) is 182 Å². The largest absolute Gasteiger partial charge is 0.310 e. The summed E-state index contributed by atoms with van der Waals surface area (Å²) in [5.41, 5.74) is 6.88. The Kier molecular flexibility index (Phi) is 6.69. The quantitative estimate of drug-likeness (QED) is 0.183. The van der Waals surface area contributed by atoms with Crippen molar-refractivity contribution < 1.29 is 0 Å². The molecule has 0 aliphatic rings. The Morgan fingerprint density at radius 3 is 1.17 bits per heavy atom. The van der Waals surface area contributed by atoms with Crippen molar-refractivity contribution in [2.24, 2.45) is 0 Å². The first kappa shape index (κ1) is 27.4. The summed E-state index contributed by atoms with van der Waals surface area (Å²) in [4.78, 5) is 4.78. The molecule has 0 bridgehead atoms. The third-order valence-electron chi connectivity index (χ3n) is 9.00. The molecule has 9 aromatic rings. The number of thiophene rings is 1. The van der Waals surface area contributed by atoms with E-state index < -0.39 is 0 Å². The van der Waals surface area contributed by atoms with Crippen LogP contribution in [0.15, 0.2) is 182 Å². The molecule has 8 aromatic carbocycles. The minimum atomic E-state index is 1.13. The van der Waals surface area contributed by atoms with Crippen LogP contribution >= 0.6 is 11.3 Å². The SMILES string of the molecule is c1ccc(N(c2ccc3sc4ccc(N(c5ccccc5)c5cccc6ccccc56)cc4c3c2)c2cccc3ccccc23)cc1. The maximum Gasteiger partial charge on any atom is 0.0540 e. The Morgan fingerprint density at radius 2 is 0.702 bits per heavy atom. The van der Waals surface area contributed by atoms with E-state index in [1.807, 2.05) is 11.3 Å². The lowest BCUT2D eigenvalue weighted by atomic mass is 10.0. The van der Waals surface area contributed by atoms with E-state index in [-0.39, 0.29) is 0 Å². The summed E-state index contributed by atoms with van der Waals surface area (Å²) in [7, 11) is 0. The number of nitrogens with zero attached hydrogens (tertiary/aromatic N) is 2. The van der Waals surface area contributed by atoms with Gasteiger partial charge in [0.05, 0.1) is 11.4 Å². The highest BCUT2D eigenvalue weighted by Gasteiger charge is 2.19. The van der Waals surface area contributed by atoms with Crippen LogP contribution in [0.4, 0.5) is 34.1 Å². The van der Waals surface area contributed by atoms with Crippen molar-refractivity contribution in [1.29, 1.82) is 0 Å². The number of para-hydroxylation sites is 2. The Labute approximate surface area is 278 Å². The van der Waals surface area contributed by atoms with Gasteiger partial charge in [-0.25, -0.2) is 0 Å². The molecule has 47 heavy (non-hydrogen) atoms. The Morgan fingerprint density at radius 1 is 0.298 bits per heavy atom. The summed E-state index contributed by atoms with van der Waals surface area (Å²) in [6.07, 6.45) is 0. The van der Waals surface area contributed by atoms with Crippen LogP contribution in [0.3, 0.4) is 0 Å². The number of fused-ring (bicyclic) bond motifs is 5. The predicted octanol–water partition coefficient (Wildman–Crippen LogP) is 13.3. The van der Waals surface area contributed by atoms with E-state index in [0.717, 1.165) is 22.7 Å². The second-order valence-corrected chi connectivity index (χ2v) is 12.9. The fraction of sp³-hybridized carbons (Fsp3) is 0. The van der Waals surface area contributed by atoms with E-state index in [0.29, 0.717) is 0 Å². The normalized spacial score (nSPS) is 11.4. The van der Waals surface area contributed by atoms with Crippen LogP contribution in [-0.4, -0.2) is 0 Å². The summed E-state index contributed by atoms with van der Waals surface area (Å²) < 4.78 is 2.56. The van der Waals surface area contributed by atoms with E-state index in [1.165, 1.54) is 53.1 Å². The highest BCUT2D eigenvalue weighted by molar-refractivity contribution is 7.25. The molecule has 0 unspecified atom stereocenters. The molecule has 0 aliphatic carbocycles. The second-order valence-electron chi connectivity index (χ2n) is 11.8. The summed E-state index contributed by atoms with van der Waals surface area (Å²) in [5.74, 6) is 0. The van der Waals surface area contributed by atoms with Gasteiger partial charge in [0.25, 0.3) is 0 Å². The molecule has 0 atom stereocenters. The van der Waals surface area contributed by atoms with Crippen LogP contribution < -0.4 is 9.80 Å². The van der Waals surface area contributed by atoms with Crippen LogP contribution in [0.5, 0.6) is 0 Å². The molecule has 0 spiro atoms. The van der Waals surface area contributed by atoms with Crippen molar-refractivity contribution in [3.8, 4) is 0 Å². The van der Waals surface area contributed by atoms with E-state index in [4.69, 9.17) is 0 Å². The molecule has 0 saturated carbocycles. The molecular weight excluding hydrogens is 589 g/mol. The van der Waals surface area contributed by atoms with Gasteiger partial charge in [-0.15, -0.1) is 11.3 Å². The topological polar surface area (TPSA) is 6.48 Å². The first-order chi connectivity index (χ1) is 23.3. The minimum Gasteiger partial charge on any atom is -0.310 e. The third-order valence-corrected chi connectivity index (χ3v) is 10.1. The molecule has 222 valence electrons. The lowest BCUT2D eigenvalue weighted by Crippen LogP contribution is -2.10. The van der Waals surface area contributed by atoms with Gasteiger partial charge in [-0.05, 0) is 83.6 Å². The molecule has 0 aliphatic heterocycles. The zero-order valence-electron chi connectivity index (χ0n) is 25.6. The van der Waals surface area contributed by atoms with Crippen LogP contribution in [0.2, 0.25) is 0 Å². The standard InChI is InChI=1S/C44H30N2S/c1-3-17-33(18-4-1)45(41-23-11-15-31-13-7-9-21-37(31)41)35-25-27-43-39(29-35)40-30-36(26-28-44(40)47-43)46(34-19-5-2-6-20-34)42-24-12-16-32-14-8-10-22-38(32)42/h1-30H. The molecule has 0 radical (unpaired) electrons. The van der Waals surface area contributed by atoms with Gasteiger partial charge in [-0.3, -0.25) is 0 Å². The molecule has 0 N–H and O–H groups in total. The molecule has 1 heterocycles. The summed E-state index contributed by atoms with van der Waals surface area (Å²) in [6, 6.07) is 65.7. The molecule has 3 heteroatoms. The Bertz CT molecular complexity index is 2350. The lowest BCUT2D eigenvalue weighted by Gasteiger charge is -2.27. The minimum absolute atomic E-state index is 1.13. The smallest absolute Gasteiger partial charge is 0.0540 e. The highest BCUT2D eigenvalue weighted by atomic mass is 32.1. The number of hydrogen-bond donors (Lipinski definition) is 0. The molecular formula is C44H30N2S. The predicted molar refractivity (Wildman–Crippen MR) is 204 cm³/mol. The van der Waals surface area contributed by atoms with Gasteiger partial charge in [-0.1, -0.05) is 109 Å². The van der Waals surface area contributed by atoms with Crippen molar-refractivity contribution >= 4 is 87.2 Å². The third kappa shape index (κ3) is 4.80. The van der Waals surface area contributed by atoms with E-state index in [1.54, 1.807) is 0 Å². The van der Waals surface area contributed by atoms with Gasteiger partial charge in [0.15, 0.2) is 0 Å². The number of rotatable bonds is 6. The average molecular weight is 619 g/mol. The molecule has 2 nitrogen and oxygen atoms in total. The molecule has 1 aromatic heterocycles. The maximum atomic E-state index is 2.39. The summed E-state index contributed by atoms with van der Waals surface area (Å²) in [6.45, 7) is 0. The average Bonchev–Trinajstić information content (AvgIpc) is 3.50. The van der Waals surface area contributed by atoms with Gasteiger partial charge in [0.1, 0.15) is 0 Å². The van der Waals surface area contributed by atoms with Crippen LogP contribution in [0, 0.1) is 0 Å². The van der Waals surface area contributed by atoms with Gasteiger partial charge < -0.3 is 9.80 Å². The molecule has 0 amide bonds. The van der Waals surface area contributed by atoms with Gasteiger partial charge in [0, 0.05) is 53.7 Å². The van der Waals surface area contributed by atoms with E-state index in [9.17, 15) is 0 Å². The van der Waals surface area contributed by atoms with Gasteiger partial charge >= 0.3 is 0 Å². The van der Waals surface area contributed by atoms with Gasteiger partial charge in [-0.2, -0.15) is 0 Å². The fourth-order valence-corrected chi connectivity index (χ4v) is 7.91. The zero-order chi connectivity index (χ0) is 31.2. The monoisotopic (exact) mass is 618 g/mol. The number of anilines is 6. The zero-order valence-corrected chi connectivity index (χ0v) is 26.4. The van der Waals surface area contributed by atoms with Crippen LogP contribution in [0.25, 0.3) is 41.7 Å². The summed E-state index contributed by atoms with van der Waals surface area (Å²) in [5, 5.41) is 7.43. The van der Waals surface area contributed by atoms with Crippen molar-refractivity contribution in [1.82, 2.24) is 0 Å². The molecule has 0 saturated heterocycles. The van der Waals surface area contributed by atoms with Crippen molar-refractivity contribution in [2.45, 2.75) is 0 Å². The number of hydrogen-bond acceptors (Lipinski definition) is 3. The Balaban J connectivity index is 1.25. The van der Waals surface area contributed by atoms with E-state index in [2.05, 4.69) is 192 Å². The highest BCUT2D eigenvalue weighted by Crippen LogP contribution is 2.45. The fourth-order valence-electron chi connectivity index (χ4n) is 6.85. The summed E-state index contributed by atoms with van der Waals surface area (Å²) >= 11 is 1.85. The number of benzene rings is 8. The van der Waals surface area contributed by atoms with Crippen LogP contribution in [-0.2, 0) is 0 Å². The Hall–Kier alpha value is -5.90. The first-order valence-electron chi connectivity index (χ1n) is 15.9. The van der Waals surface area contributed by atoms with Gasteiger partial charge in [0.2, 0.25) is 0 Å². The van der Waals surface area contributed by atoms with Crippen molar-refractivity contribution in [3.63, 3.8) is 0 Å². The van der Waals surface area contributed by atoms with E-state index >= 15 is 0 Å². The molecule has 9 rings (SSSR count). The second kappa shape index (κ2) is 11.5. The molecule has 0 fully saturated rings. The van der Waals surface area contributed by atoms with Crippen molar-refractivity contribution in [2.75, 3.05) is 9.80 Å². The maximum absolute atomic E-state index is 2.39. The lowest BCUT2D eigenvalue weighted by molar-refractivity contribution is 1.30. The first-order valence-corrected chi connectivity index (χ1v) is 16.8.